The Morgan fingerprint density at radius 1 is 1.07 bits per heavy atom. The van der Waals surface area contributed by atoms with Crippen molar-refractivity contribution in [3.05, 3.63) is 66.2 Å². The second-order valence-corrected chi connectivity index (χ2v) is 2.99. The van der Waals surface area contributed by atoms with Crippen molar-refractivity contribution in [2.24, 2.45) is 0 Å². The van der Waals surface area contributed by atoms with E-state index in [0.717, 1.165) is 0 Å². The molecule has 2 aromatic carbocycles. The molecule has 2 heteroatoms. The van der Waals surface area contributed by atoms with Crippen LogP contribution in [0.2, 0.25) is 0 Å². The van der Waals surface area contributed by atoms with Gasteiger partial charge >= 0.3 is 5.97 Å². The number of hydrogen-bond acceptors (Lipinski definition) is 2. The fourth-order valence-corrected chi connectivity index (χ4v) is 1.18. The third-order valence-electron chi connectivity index (χ3n) is 1.90. The van der Waals surface area contributed by atoms with Crippen LogP contribution in [0.1, 0.15) is 10.4 Å². The van der Waals surface area contributed by atoms with E-state index in [-0.39, 0.29) is 5.97 Å². The van der Waals surface area contributed by atoms with Gasteiger partial charge in [-0.15, -0.1) is 0 Å². The molecule has 2 aromatic rings. The third kappa shape index (κ3) is 2.44. The number of carbonyl (C=O) groups excluding carboxylic acids is 1. The van der Waals surface area contributed by atoms with Crippen LogP contribution in [0, 0.1) is 6.07 Å². The molecule has 0 fully saturated rings. The van der Waals surface area contributed by atoms with Crippen molar-refractivity contribution in [3.8, 4) is 5.75 Å². The van der Waals surface area contributed by atoms with E-state index in [4.69, 9.17) is 4.74 Å². The van der Waals surface area contributed by atoms with Crippen LogP contribution in [0.5, 0.6) is 5.75 Å². The molecule has 0 amide bonds. The van der Waals surface area contributed by atoms with E-state index in [1.54, 1.807) is 48.5 Å². The molecule has 0 aliphatic rings. The van der Waals surface area contributed by atoms with E-state index in [2.05, 4.69) is 6.07 Å². The summed E-state index contributed by atoms with van der Waals surface area (Å²) < 4.78 is 5.13. The summed E-state index contributed by atoms with van der Waals surface area (Å²) >= 11 is 0. The molecule has 2 nitrogen and oxygen atoms in total. The van der Waals surface area contributed by atoms with Crippen LogP contribution in [0.15, 0.2) is 54.6 Å². The maximum atomic E-state index is 11.6. The van der Waals surface area contributed by atoms with Gasteiger partial charge in [0.05, 0.1) is 5.56 Å². The third-order valence-corrected chi connectivity index (χ3v) is 1.90. The predicted molar refractivity (Wildman–Crippen MR) is 56.7 cm³/mol. The number of ether oxygens (including phenoxy) is 1. The molecule has 0 aromatic heterocycles. The fraction of sp³-hybridized carbons (Fsp3) is 0. The topological polar surface area (TPSA) is 26.3 Å². The zero-order valence-electron chi connectivity index (χ0n) is 8.01. The van der Waals surface area contributed by atoms with Gasteiger partial charge in [-0.3, -0.25) is 0 Å². The summed E-state index contributed by atoms with van der Waals surface area (Å²) in [6, 6.07) is 18.6. The summed E-state index contributed by atoms with van der Waals surface area (Å²) in [6.45, 7) is 0. The molecule has 0 N–H and O–H groups in total. The van der Waals surface area contributed by atoms with E-state index in [1.807, 2.05) is 6.07 Å². The molecule has 1 radical (unpaired) electrons. The molecule has 73 valence electrons. The average molecular weight is 197 g/mol. The van der Waals surface area contributed by atoms with E-state index in [0.29, 0.717) is 11.3 Å². The predicted octanol–water partition coefficient (Wildman–Crippen LogP) is 2.71. The molecular weight excluding hydrogens is 188 g/mol. The molecular formula is C13H9O2. The van der Waals surface area contributed by atoms with Gasteiger partial charge in [-0.1, -0.05) is 30.3 Å². The summed E-state index contributed by atoms with van der Waals surface area (Å²) in [5.74, 6) is 0.154. The molecule has 0 spiro atoms. The van der Waals surface area contributed by atoms with Crippen LogP contribution in [-0.2, 0) is 0 Å². The van der Waals surface area contributed by atoms with Crippen molar-refractivity contribution in [1.82, 2.24) is 0 Å². The van der Waals surface area contributed by atoms with Gasteiger partial charge in [-0.05, 0) is 30.3 Å². The Hall–Kier alpha value is -2.09. The van der Waals surface area contributed by atoms with Crippen LogP contribution in [0.4, 0.5) is 0 Å². The van der Waals surface area contributed by atoms with Crippen LogP contribution in [-0.4, -0.2) is 5.97 Å². The Bertz CT molecular complexity index is 435. The van der Waals surface area contributed by atoms with E-state index in [9.17, 15) is 4.79 Å². The SMILES string of the molecule is O=C(Oc1c[c]ccc1)c1ccccc1. The second kappa shape index (κ2) is 4.42. The molecule has 0 aliphatic heterocycles. The van der Waals surface area contributed by atoms with Gasteiger partial charge in [0.25, 0.3) is 0 Å². The standard InChI is InChI=1S/C13H9O2/c14-13(11-7-3-1-4-8-11)15-12-9-5-2-6-10-12/h1-5,7-10H. The number of esters is 1. The molecule has 0 saturated carbocycles. The molecule has 0 unspecified atom stereocenters. The summed E-state index contributed by atoms with van der Waals surface area (Å²) in [7, 11) is 0. The molecule has 0 heterocycles. The Labute approximate surface area is 88.1 Å². The van der Waals surface area contributed by atoms with Gasteiger partial charge in [-0.2, -0.15) is 0 Å². The summed E-state index contributed by atoms with van der Waals surface area (Å²) in [5, 5.41) is 0. The quantitative estimate of drug-likeness (QED) is 0.546. The second-order valence-electron chi connectivity index (χ2n) is 2.99. The molecule has 2 rings (SSSR count). The van der Waals surface area contributed by atoms with E-state index in [1.165, 1.54) is 0 Å². The number of hydrogen-bond donors (Lipinski definition) is 0. The minimum atomic E-state index is -0.352. The lowest BCUT2D eigenvalue weighted by Crippen LogP contribution is -2.07. The number of benzene rings is 2. The van der Waals surface area contributed by atoms with E-state index < -0.39 is 0 Å². The Morgan fingerprint density at radius 3 is 2.53 bits per heavy atom. The zero-order chi connectivity index (χ0) is 10.5. The summed E-state index contributed by atoms with van der Waals surface area (Å²) in [5.41, 5.74) is 0.543. The highest BCUT2D eigenvalue weighted by atomic mass is 16.5. The van der Waals surface area contributed by atoms with Gasteiger partial charge in [0, 0.05) is 0 Å². The van der Waals surface area contributed by atoms with Gasteiger partial charge in [0.1, 0.15) is 5.75 Å². The lowest BCUT2D eigenvalue weighted by atomic mass is 10.2. The van der Waals surface area contributed by atoms with E-state index >= 15 is 0 Å². The largest absolute Gasteiger partial charge is 0.423 e. The lowest BCUT2D eigenvalue weighted by Gasteiger charge is -2.02. The van der Waals surface area contributed by atoms with Gasteiger partial charge in [0.2, 0.25) is 0 Å². The minimum absolute atomic E-state index is 0.352. The zero-order valence-corrected chi connectivity index (χ0v) is 8.01. The van der Waals surface area contributed by atoms with Crippen molar-refractivity contribution >= 4 is 5.97 Å². The first kappa shape index (κ1) is 9.46. The first-order valence-corrected chi connectivity index (χ1v) is 4.59. The molecule has 15 heavy (non-hydrogen) atoms. The normalized spacial score (nSPS) is 9.60. The van der Waals surface area contributed by atoms with Gasteiger partial charge in [0.15, 0.2) is 0 Å². The maximum Gasteiger partial charge on any atom is 0.343 e. The average Bonchev–Trinajstić information content (AvgIpc) is 2.31. The lowest BCUT2D eigenvalue weighted by molar-refractivity contribution is 0.0735. The van der Waals surface area contributed by atoms with Crippen molar-refractivity contribution in [2.75, 3.05) is 0 Å². The Balaban J connectivity index is 2.12. The molecule has 0 atom stereocenters. The molecule has 0 aliphatic carbocycles. The van der Waals surface area contributed by atoms with Crippen molar-refractivity contribution in [3.63, 3.8) is 0 Å². The minimum Gasteiger partial charge on any atom is -0.423 e. The highest BCUT2D eigenvalue weighted by Gasteiger charge is 2.06. The van der Waals surface area contributed by atoms with Crippen molar-refractivity contribution < 1.29 is 9.53 Å². The maximum absolute atomic E-state index is 11.6. The van der Waals surface area contributed by atoms with Crippen LogP contribution < -0.4 is 4.74 Å². The summed E-state index contributed by atoms with van der Waals surface area (Å²) in [4.78, 5) is 11.6. The summed E-state index contributed by atoms with van der Waals surface area (Å²) in [6.07, 6.45) is 0. The smallest absolute Gasteiger partial charge is 0.343 e. The molecule has 0 saturated heterocycles. The highest BCUT2D eigenvalue weighted by molar-refractivity contribution is 5.90. The number of carbonyl (C=O) groups is 1. The van der Waals surface area contributed by atoms with Gasteiger partial charge in [-0.25, -0.2) is 4.79 Å². The monoisotopic (exact) mass is 197 g/mol. The van der Waals surface area contributed by atoms with Gasteiger partial charge < -0.3 is 4.74 Å². The fourth-order valence-electron chi connectivity index (χ4n) is 1.18. The van der Waals surface area contributed by atoms with Crippen LogP contribution >= 0.6 is 0 Å². The van der Waals surface area contributed by atoms with Crippen molar-refractivity contribution in [1.29, 1.82) is 0 Å². The van der Waals surface area contributed by atoms with Crippen molar-refractivity contribution in [2.45, 2.75) is 0 Å². The highest BCUT2D eigenvalue weighted by Crippen LogP contribution is 2.10. The first-order chi connectivity index (χ1) is 7.36. The Kier molecular flexibility index (Phi) is 2.79. The Morgan fingerprint density at radius 2 is 1.87 bits per heavy atom. The first-order valence-electron chi connectivity index (χ1n) is 4.59. The number of rotatable bonds is 2. The van der Waals surface area contributed by atoms with Crippen LogP contribution in [0.25, 0.3) is 0 Å². The van der Waals surface area contributed by atoms with Crippen LogP contribution in [0.3, 0.4) is 0 Å². The molecule has 0 bridgehead atoms.